The molecule has 0 aromatic rings. The van der Waals surface area contributed by atoms with Crippen LogP contribution in [0.5, 0.6) is 0 Å². The second-order valence-electron chi connectivity index (χ2n) is 5.47. The summed E-state index contributed by atoms with van der Waals surface area (Å²) in [4.78, 5) is 14.9. The quantitative estimate of drug-likeness (QED) is 0.272. The van der Waals surface area contributed by atoms with Crippen molar-refractivity contribution in [1.82, 2.24) is 0 Å². The number of rotatable bonds is 14. The number of allylic oxidation sites excluding steroid dienone is 4. The molecule has 0 saturated heterocycles. The Morgan fingerprint density at radius 2 is 1.43 bits per heavy atom. The number of hydrogen-bond donors (Lipinski definition) is 1. The summed E-state index contributed by atoms with van der Waals surface area (Å²) in [6, 6.07) is 0. The average Bonchev–Trinajstić information content (AvgIpc) is 2.50. The number of carbonyl (C=O) groups excluding carboxylic acids is 1. The van der Waals surface area contributed by atoms with Crippen molar-refractivity contribution in [3.05, 3.63) is 24.3 Å². The Hall–Kier alpha value is -1.09. The van der Waals surface area contributed by atoms with Gasteiger partial charge < -0.3 is 4.84 Å². The van der Waals surface area contributed by atoms with Gasteiger partial charge in [-0.3, -0.25) is 4.79 Å². The maximum Gasteiger partial charge on any atom is 0.324 e. The van der Waals surface area contributed by atoms with Gasteiger partial charge in [-0.15, -0.1) is 0 Å². The zero-order valence-corrected chi connectivity index (χ0v) is 13.7. The van der Waals surface area contributed by atoms with Crippen molar-refractivity contribution in [1.29, 1.82) is 0 Å². The molecule has 0 amide bonds. The van der Waals surface area contributed by atoms with Crippen LogP contribution < -0.4 is 5.90 Å². The van der Waals surface area contributed by atoms with E-state index in [-0.39, 0.29) is 5.97 Å². The van der Waals surface area contributed by atoms with E-state index in [4.69, 9.17) is 5.90 Å². The molecule has 0 rings (SSSR count). The van der Waals surface area contributed by atoms with Gasteiger partial charge in [-0.25, -0.2) is 0 Å². The summed E-state index contributed by atoms with van der Waals surface area (Å²) >= 11 is 0. The molecule has 0 aliphatic carbocycles. The van der Waals surface area contributed by atoms with Crippen LogP contribution >= 0.6 is 0 Å². The maximum atomic E-state index is 10.8. The van der Waals surface area contributed by atoms with Gasteiger partial charge in [-0.05, 0) is 38.5 Å². The monoisotopic (exact) mass is 295 g/mol. The van der Waals surface area contributed by atoms with E-state index in [2.05, 4.69) is 36.1 Å². The van der Waals surface area contributed by atoms with Crippen LogP contribution in [0, 0.1) is 0 Å². The minimum atomic E-state index is -0.305. The highest BCUT2D eigenvalue weighted by molar-refractivity contribution is 5.68. The van der Waals surface area contributed by atoms with Gasteiger partial charge in [0.25, 0.3) is 0 Å². The van der Waals surface area contributed by atoms with Gasteiger partial charge in [-0.2, -0.15) is 5.90 Å². The summed E-state index contributed by atoms with van der Waals surface area (Å²) in [7, 11) is 0. The molecule has 0 aromatic heterocycles. The number of hydrogen-bond acceptors (Lipinski definition) is 3. The largest absolute Gasteiger partial charge is 0.373 e. The minimum Gasteiger partial charge on any atom is -0.373 e. The molecule has 0 fully saturated rings. The predicted molar refractivity (Wildman–Crippen MR) is 89.6 cm³/mol. The normalized spacial score (nSPS) is 11.5. The van der Waals surface area contributed by atoms with Gasteiger partial charge in [0.1, 0.15) is 0 Å². The third-order valence-electron chi connectivity index (χ3n) is 3.46. The molecule has 0 radical (unpaired) electrons. The molecule has 0 aromatic carbocycles. The van der Waals surface area contributed by atoms with Crippen LogP contribution in [0.2, 0.25) is 0 Å². The molecule has 0 atom stereocenters. The Balaban J connectivity index is 3.20. The lowest BCUT2D eigenvalue weighted by atomic mass is 10.1. The molecule has 0 unspecified atom stereocenters. The van der Waals surface area contributed by atoms with Crippen LogP contribution in [0.25, 0.3) is 0 Å². The molecule has 0 spiro atoms. The maximum absolute atomic E-state index is 10.8. The molecule has 0 saturated carbocycles. The van der Waals surface area contributed by atoms with Crippen LogP contribution in [0.3, 0.4) is 0 Å². The van der Waals surface area contributed by atoms with Crippen LogP contribution in [-0.4, -0.2) is 5.97 Å². The first-order valence-electron chi connectivity index (χ1n) is 8.50. The Morgan fingerprint density at radius 3 is 2.05 bits per heavy atom. The molecule has 3 nitrogen and oxygen atoms in total. The highest BCUT2D eigenvalue weighted by Gasteiger charge is 1.99. The number of unbranched alkanes of at least 4 members (excludes halogenated alkanes) is 8. The lowest BCUT2D eigenvalue weighted by Gasteiger charge is -1.99. The van der Waals surface area contributed by atoms with E-state index in [9.17, 15) is 4.79 Å². The Kier molecular flexibility index (Phi) is 16.1. The van der Waals surface area contributed by atoms with E-state index in [1.54, 1.807) is 0 Å². The van der Waals surface area contributed by atoms with Crippen molar-refractivity contribution in [3.63, 3.8) is 0 Å². The van der Waals surface area contributed by atoms with Crippen molar-refractivity contribution in [2.75, 3.05) is 0 Å². The molecule has 2 N–H and O–H groups in total. The Labute approximate surface area is 130 Å². The van der Waals surface area contributed by atoms with E-state index in [1.807, 2.05) is 0 Å². The third kappa shape index (κ3) is 16.9. The summed E-state index contributed by atoms with van der Waals surface area (Å²) < 4.78 is 0. The lowest BCUT2D eigenvalue weighted by Crippen LogP contribution is -2.08. The molecule has 0 heterocycles. The molecular formula is C18H33NO2. The smallest absolute Gasteiger partial charge is 0.324 e. The summed E-state index contributed by atoms with van der Waals surface area (Å²) in [6.45, 7) is 2.24. The second-order valence-corrected chi connectivity index (χ2v) is 5.47. The van der Waals surface area contributed by atoms with Crippen molar-refractivity contribution in [2.45, 2.75) is 84.0 Å². The van der Waals surface area contributed by atoms with Gasteiger partial charge in [0.2, 0.25) is 0 Å². The third-order valence-corrected chi connectivity index (χ3v) is 3.46. The summed E-state index contributed by atoms with van der Waals surface area (Å²) in [5.41, 5.74) is 0. The molecule has 122 valence electrons. The van der Waals surface area contributed by atoms with Crippen molar-refractivity contribution in [2.24, 2.45) is 5.90 Å². The molecule has 3 heteroatoms. The average molecular weight is 295 g/mol. The summed E-state index contributed by atoms with van der Waals surface area (Å²) in [5, 5.41) is 0. The van der Waals surface area contributed by atoms with Gasteiger partial charge in [-0.1, -0.05) is 63.3 Å². The lowest BCUT2D eigenvalue weighted by molar-refractivity contribution is -0.144. The van der Waals surface area contributed by atoms with Crippen LogP contribution in [-0.2, 0) is 9.63 Å². The fourth-order valence-electron chi connectivity index (χ4n) is 2.14. The van der Waals surface area contributed by atoms with E-state index >= 15 is 0 Å². The van der Waals surface area contributed by atoms with Gasteiger partial charge >= 0.3 is 5.97 Å². The minimum absolute atomic E-state index is 0.305. The van der Waals surface area contributed by atoms with Gasteiger partial charge in [0.05, 0.1) is 0 Å². The molecule has 0 bridgehead atoms. The Morgan fingerprint density at radius 1 is 0.857 bits per heavy atom. The fraction of sp³-hybridized carbons (Fsp3) is 0.722. The van der Waals surface area contributed by atoms with Gasteiger partial charge in [0, 0.05) is 6.42 Å². The molecule has 21 heavy (non-hydrogen) atoms. The van der Waals surface area contributed by atoms with Crippen molar-refractivity contribution < 1.29 is 9.63 Å². The fourth-order valence-corrected chi connectivity index (χ4v) is 2.14. The summed E-state index contributed by atoms with van der Waals surface area (Å²) in [5.74, 6) is 4.47. The number of nitrogens with two attached hydrogens (primary N) is 1. The van der Waals surface area contributed by atoms with E-state index < -0.39 is 0 Å². The van der Waals surface area contributed by atoms with E-state index in [1.165, 1.54) is 44.9 Å². The van der Waals surface area contributed by atoms with Gasteiger partial charge in [0.15, 0.2) is 0 Å². The standard InChI is InChI=1S/C18H33NO2/c1-2-3-4-5-6-7-8-9-10-11-12-13-14-15-16-17-18(20)21-19/h6-7,9-10H,2-5,8,11-17,19H2,1H3/b7-6-,10-9-. The number of carbonyl (C=O) groups is 1. The zero-order chi connectivity index (χ0) is 15.6. The first kappa shape index (κ1) is 19.9. The molecule has 0 aliphatic heterocycles. The zero-order valence-electron chi connectivity index (χ0n) is 13.7. The molecular weight excluding hydrogens is 262 g/mol. The second kappa shape index (κ2) is 17.0. The first-order chi connectivity index (χ1) is 10.3. The van der Waals surface area contributed by atoms with E-state index in [0.717, 1.165) is 25.7 Å². The Bertz CT molecular complexity index is 285. The van der Waals surface area contributed by atoms with Crippen LogP contribution in [0.1, 0.15) is 84.0 Å². The summed E-state index contributed by atoms with van der Waals surface area (Å²) in [6.07, 6.45) is 22.6. The van der Waals surface area contributed by atoms with Crippen molar-refractivity contribution >= 4 is 5.97 Å². The highest BCUT2D eigenvalue weighted by Crippen LogP contribution is 2.08. The highest BCUT2D eigenvalue weighted by atomic mass is 16.7. The first-order valence-corrected chi connectivity index (χ1v) is 8.50. The SMILES string of the molecule is CCCCC/C=C\C/C=C\CCCCCCCC(=O)ON. The predicted octanol–water partition coefficient (Wildman–Crippen LogP) is 5.22. The topological polar surface area (TPSA) is 52.3 Å². The molecule has 0 aliphatic rings. The van der Waals surface area contributed by atoms with Crippen LogP contribution in [0.4, 0.5) is 0 Å². The van der Waals surface area contributed by atoms with Crippen LogP contribution in [0.15, 0.2) is 24.3 Å². The van der Waals surface area contributed by atoms with E-state index in [0.29, 0.717) is 6.42 Å². The van der Waals surface area contributed by atoms with Crippen molar-refractivity contribution in [3.8, 4) is 0 Å².